The van der Waals surface area contributed by atoms with Crippen LogP contribution in [0.2, 0.25) is 16.6 Å². The van der Waals surface area contributed by atoms with E-state index in [9.17, 15) is 14.9 Å². The lowest BCUT2D eigenvalue weighted by atomic mass is 10.2. The lowest BCUT2D eigenvalue weighted by Crippen LogP contribution is -2.50. The molecule has 1 aromatic carbocycles. The fraction of sp³-hybridized carbons (Fsp3) is 0.562. The predicted octanol–water partition coefficient (Wildman–Crippen LogP) is 4.96. The van der Waals surface area contributed by atoms with Gasteiger partial charge in [-0.3, -0.25) is 14.9 Å². The first-order valence-corrected chi connectivity index (χ1v) is 9.73. The number of hydrogen-bond donors (Lipinski definition) is 0. The van der Waals surface area contributed by atoms with Gasteiger partial charge < -0.3 is 4.43 Å². The van der Waals surface area contributed by atoms with E-state index in [0.717, 1.165) is 0 Å². The Morgan fingerprint density at radius 2 is 1.59 bits per heavy atom. The lowest BCUT2D eigenvalue weighted by Gasteiger charge is -2.42. The Hall–Kier alpha value is -1.69. The first-order valence-electron chi connectivity index (χ1n) is 7.59. The minimum atomic E-state index is -2.30. The van der Waals surface area contributed by atoms with Crippen LogP contribution in [0, 0.1) is 10.1 Å². The van der Waals surface area contributed by atoms with Crippen molar-refractivity contribution in [3.05, 3.63) is 33.9 Å². The second kappa shape index (κ2) is 7.04. The van der Waals surface area contributed by atoms with Crippen LogP contribution in [0.15, 0.2) is 18.2 Å². The molecule has 0 N–H and O–H groups in total. The molecule has 0 amide bonds. The number of rotatable bonds is 7. The van der Waals surface area contributed by atoms with Crippen molar-refractivity contribution >= 4 is 20.3 Å². The van der Waals surface area contributed by atoms with Crippen molar-refractivity contribution in [2.75, 3.05) is 0 Å². The number of benzene rings is 1. The fourth-order valence-electron chi connectivity index (χ4n) is 3.38. The molecular formula is C16H25NO4Si. The molecule has 0 saturated carbocycles. The molecule has 1 aromatic rings. The van der Waals surface area contributed by atoms with Crippen LogP contribution in [0.5, 0.6) is 5.75 Å². The molecule has 0 heterocycles. The third-order valence-electron chi connectivity index (χ3n) is 4.31. The molecule has 0 unspecified atom stereocenters. The minimum Gasteiger partial charge on any atom is -0.538 e. The summed E-state index contributed by atoms with van der Waals surface area (Å²) in [7, 11) is -2.30. The zero-order chi connectivity index (χ0) is 17.1. The SMILES string of the molecule is CC(C)[Si](Oc1cc(C=O)ccc1[N+](=O)[O-])(C(C)C)C(C)C. The number of carbonyl (C=O) groups excluding carboxylic acids is 1. The Morgan fingerprint density at radius 1 is 1.09 bits per heavy atom. The van der Waals surface area contributed by atoms with Crippen LogP contribution in [-0.2, 0) is 0 Å². The third kappa shape index (κ3) is 3.38. The zero-order valence-electron chi connectivity index (χ0n) is 14.1. The number of nitrogens with zero attached hydrogens (tertiary/aromatic N) is 1. The molecule has 0 fully saturated rings. The van der Waals surface area contributed by atoms with E-state index in [-0.39, 0.29) is 11.4 Å². The van der Waals surface area contributed by atoms with Gasteiger partial charge in [-0.2, -0.15) is 0 Å². The highest BCUT2D eigenvalue weighted by atomic mass is 28.4. The Balaban J connectivity index is 3.46. The van der Waals surface area contributed by atoms with E-state index in [1.54, 1.807) is 0 Å². The fourth-order valence-corrected chi connectivity index (χ4v) is 8.63. The van der Waals surface area contributed by atoms with Crippen molar-refractivity contribution < 1.29 is 14.1 Å². The molecule has 0 aliphatic rings. The van der Waals surface area contributed by atoms with Gasteiger partial charge in [-0.25, -0.2) is 0 Å². The Labute approximate surface area is 133 Å². The molecule has 0 aromatic heterocycles. The van der Waals surface area contributed by atoms with Crippen molar-refractivity contribution in [3.8, 4) is 5.75 Å². The largest absolute Gasteiger partial charge is 0.538 e. The van der Waals surface area contributed by atoms with Crippen LogP contribution in [0.25, 0.3) is 0 Å². The standard InChI is InChI=1S/C16H25NO4Si/c1-11(2)22(12(3)4,13(5)6)21-16-9-14(10-18)7-8-15(16)17(19)20/h7-13H,1-6H3. The van der Waals surface area contributed by atoms with Crippen LogP contribution >= 0.6 is 0 Å². The van der Waals surface area contributed by atoms with Gasteiger partial charge in [-0.1, -0.05) is 41.5 Å². The highest BCUT2D eigenvalue weighted by molar-refractivity contribution is 6.78. The summed E-state index contributed by atoms with van der Waals surface area (Å²) in [5.74, 6) is 0.220. The van der Waals surface area contributed by atoms with Crippen LogP contribution < -0.4 is 4.43 Å². The number of nitro benzene ring substituents is 1. The number of aldehydes is 1. The maximum absolute atomic E-state index is 11.3. The molecule has 0 aliphatic carbocycles. The molecule has 0 aliphatic heterocycles. The highest BCUT2D eigenvalue weighted by Gasteiger charge is 2.47. The van der Waals surface area contributed by atoms with Gasteiger partial charge in [-0.05, 0) is 28.8 Å². The summed E-state index contributed by atoms with van der Waals surface area (Å²) in [5, 5.41) is 11.3. The third-order valence-corrected chi connectivity index (χ3v) is 10.3. The number of nitro groups is 1. The van der Waals surface area contributed by atoms with Gasteiger partial charge in [0.25, 0.3) is 8.32 Å². The van der Waals surface area contributed by atoms with Crippen molar-refractivity contribution in [2.24, 2.45) is 0 Å². The van der Waals surface area contributed by atoms with Gasteiger partial charge in [0.05, 0.1) is 4.92 Å². The molecule has 5 nitrogen and oxygen atoms in total. The van der Waals surface area contributed by atoms with Crippen molar-refractivity contribution in [3.63, 3.8) is 0 Å². The van der Waals surface area contributed by atoms with Crippen LogP contribution in [-0.4, -0.2) is 19.5 Å². The average molecular weight is 323 g/mol. The quantitative estimate of drug-likeness (QED) is 0.308. The van der Waals surface area contributed by atoms with Crippen LogP contribution in [0.1, 0.15) is 51.9 Å². The van der Waals surface area contributed by atoms with Gasteiger partial charge in [0.15, 0.2) is 5.75 Å². The van der Waals surface area contributed by atoms with E-state index in [1.807, 2.05) is 0 Å². The average Bonchev–Trinajstić information content (AvgIpc) is 2.42. The van der Waals surface area contributed by atoms with E-state index >= 15 is 0 Å². The molecule has 6 heteroatoms. The summed E-state index contributed by atoms with van der Waals surface area (Å²) in [4.78, 5) is 21.8. The number of hydrogen-bond acceptors (Lipinski definition) is 4. The smallest absolute Gasteiger partial charge is 0.309 e. The molecule has 122 valence electrons. The second-order valence-electron chi connectivity index (χ2n) is 6.52. The van der Waals surface area contributed by atoms with Gasteiger partial charge in [0.2, 0.25) is 0 Å². The van der Waals surface area contributed by atoms with Crippen molar-refractivity contribution in [2.45, 2.75) is 58.2 Å². The first-order chi connectivity index (χ1) is 10.2. The Kier molecular flexibility index (Phi) is 5.88. The minimum absolute atomic E-state index is 0.0792. The molecule has 1 rings (SSSR count). The molecule has 0 atom stereocenters. The van der Waals surface area contributed by atoms with Gasteiger partial charge in [0.1, 0.15) is 6.29 Å². The van der Waals surface area contributed by atoms with Crippen molar-refractivity contribution in [1.82, 2.24) is 0 Å². The summed E-state index contributed by atoms with van der Waals surface area (Å²) < 4.78 is 6.36. The predicted molar refractivity (Wildman–Crippen MR) is 90.2 cm³/mol. The summed E-state index contributed by atoms with van der Waals surface area (Å²) in [6.07, 6.45) is 0.681. The monoisotopic (exact) mass is 323 g/mol. The summed E-state index contributed by atoms with van der Waals surface area (Å²) in [6.45, 7) is 12.7. The number of carbonyl (C=O) groups is 1. The van der Waals surface area contributed by atoms with E-state index in [0.29, 0.717) is 28.5 Å². The molecule has 0 spiro atoms. The molecule has 0 saturated heterocycles. The molecule has 0 bridgehead atoms. The van der Waals surface area contributed by atoms with Gasteiger partial charge >= 0.3 is 5.69 Å². The molecule has 22 heavy (non-hydrogen) atoms. The van der Waals surface area contributed by atoms with Crippen molar-refractivity contribution in [1.29, 1.82) is 0 Å². The lowest BCUT2D eigenvalue weighted by molar-refractivity contribution is -0.385. The highest BCUT2D eigenvalue weighted by Crippen LogP contribution is 2.44. The second-order valence-corrected chi connectivity index (χ2v) is 11.9. The maximum Gasteiger partial charge on any atom is 0.309 e. The van der Waals surface area contributed by atoms with E-state index in [4.69, 9.17) is 4.43 Å². The summed E-state index contributed by atoms with van der Waals surface area (Å²) in [5.41, 5.74) is 1.20. The van der Waals surface area contributed by atoms with E-state index < -0.39 is 13.2 Å². The topological polar surface area (TPSA) is 69.4 Å². The van der Waals surface area contributed by atoms with Gasteiger partial charge in [-0.15, -0.1) is 0 Å². The van der Waals surface area contributed by atoms with E-state index in [1.165, 1.54) is 18.2 Å². The molecule has 0 radical (unpaired) electrons. The Morgan fingerprint density at radius 3 is 1.95 bits per heavy atom. The normalized spacial score (nSPS) is 12.0. The zero-order valence-corrected chi connectivity index (χ0v) is 15.1. The van der Waals surface area contributed by atoms with E-state index in [2.05, 4.69) is 41.5 Å². The summed E-state index contributed by atoms with van der Waals surface area (Å²) in [6, 6.07) is 4.28. The van der Waals surface area contributed by atoms with Gasteiger partial charge in [0, 0.05) is 11.6 Å². The Bertz CT molecular complexity index is 533. The van der Waals surface area contributed by atoms with Crippen LogP contribution in [0.3, 0.4) is 0 Å². The first kappa shape index (κ1) is 18.4. The van der Waals surface area contributed by atoms with Crippen LogP contribution in [0.4, 0.5) is 5.69 Å². The maximum atomic E-state index is 11.3. The molecular weight excluding hydrogens is 298 g/mol. The summed E-state index contributed by atoms with van der Waals surface area (Å²) >= 11 is 0.